The van der Waals surface area contributed by atoms with E-state index in [0.29, 0.717) is 0 Å². The van der Waals surface area contributed by atoms with E-state index >= 15 is 0 Å². The Morgan fingerprint density at radius 1 is 1.26 bits per heavy atom. The van der Waals surface area contributed by atoms with E-state index in [1.54, 1.807) is 0 Å². The zero-order valence-corrected chi connectivity index (χ0v) is 12.6. The number of piperazine rings is 1. The lowest BCUT2D eigenvalue weighted by Crippen LogP contribution is -2.46. The number of hydrogen-bond acceptors (Lipinski definition) is 4. The van der Waals surface area contributed by atoms with Gasteiger partial charge in [0.15, 0.2) is 0 Å². The Bertz CT molecular complexity index is 402. The summed E-state index contributed by atoms with van der Waals surface area (Å²) in [7, 11) is 0. The summed E-state index contributed by atoms with van der Waals surface area (Å²) in [5.41, 5.74) is 1.14. The highest BCUT2D eigenvalue weighted by Crippen LogP contribution is 2.25. The van der Waals surface area contributed by atoms with Crippen molar-refractivity contribution < 1.29 is 0 Å². The molecule has 1 saturated heterocycles. The maximum absolute atomic E-state index is 6.37. The molecule has 1 aliphatic rings. The molecule has 106 valence electrons. The second-order valence-corrected chi connectivity index (χ2v) is 5.26. The standard InChI is InChI=1S/C14H23ClN4/c1-3-16-10-12-9-13(15)14(17-11-12)19-7-5-18(4-2)6-8-19/h9,11,16H,3-8,10H2,1-2H3. The van der Waals surface area contributed by atoms with E-state index in [0.717, 1.165) is 62.2 Å². The van der Waals surface area contributed by atoms with Crippen LogP contribution in [0.15, 0.2) is 12.3 Å². The molecule has 0 aliphatic carbocycles. The van der Waals surface area contributed by atoms with Crippen LogP contribution in [-0.2, 0) is 6.54 Å². The predicted octanol–water partition coefficient (Wildman–Crippen LogP) is 1.99. The fourth-order valence-corrected chi connectivity index (χ4v) is 2.65. The second kappa shape index (κ2) is 7.08. The molecular weight excluding hydrogens is 260 g/mol. The van der Waals surface area contributed by atoms with Crippen molar-refractivity contribution in [1.82, 2.24) is 15.2 Å². The molecule has 1 aromatic heterocycles. The molecule has 0 unspecified atom stereocenters. The van der Waals surface area contributed by atoms with Crippen molar-refractivity contribution in [3.63, 3.8) is 0 Å². The first-order valence-corrected chi connectivity index (χ1v) is 7.44. The van der Waals surface area contributed by atoms with Crippen LogP contribution in [0.4, 0.5) is 5.82 Å². The van der Waals surface area contributed by atoms with E-state index < -0.39 is 0 Å². The molecule has 2 heterocycles. The third-order valence-electron chi connectivity index (χ3n) is 3.58. The summed E-state index contributed by atoms with van der Waals surface area (Å²) >= 11 is 6.37. The van der Waals surface area contributed by atoms with Crippen molar-refractivity contribution in [1.29, 1.82) is 0 Å². The lowest BCUT2D eigenvalue weighted by molar-refractivity contribution is 0.270. The Morgan fingerprint density at radius 2 is 2.00 bits per heavy atom. The fraction of sp³-hybridized carbons (Fsp3) is 0.643. The van der Waals surface area contributed by atoms with E-state index in [1.165, 1.54) is 0 Å². The summed E-state index contributed by atoms with van der Waals surface area (Å²) in [4.78, 5) is 9.27. The van der Waals surface area contributed by atoms with E-state index in [-0.39, 0.29) is 0 Å². The van der Waals surface area contributed by atoms with E-state index in [4.69, 9.17) is 11.6 Å². The molecule has 1 fully saturated rings. The molecule has 1 aliphatic heterocycles. The molecule has 1 N–H and O–H groups in total. The van der Waals surface area contributed by atoms with Crippen molar-refractivity contribution in [3.05, 3.63) is 22.8 Å². The SMILES string of the molecule is CCNCc1cnc(N2CCN(CC)CC2)c(Cl)c1. The zero-order valence-electron chi connectivity index (χ0n) is 11.8. The summed E-state index contributed by atoms with van der Waals surface area (Å²) in [6.45, 7) is 11.4. The molecule has 0 amide bonds. The first kappa shape index (κ1) is 14.6. The summed E-state index contributed by atoms with van der Waals surface area (Å²) in [5, 5.41) is 4.05. The minimum absolute atomic E-state index is 0.764. The van der Waals surface area contributed by atoms with E-state index in [9.17, 15) is 0 Å². The van der Waals surface area contributed by atoms with E-state index in [1.807, 2.05) is 12.3 Å². The lowest BCUT2D eigenvalue weighted by atomic mass is 10.2. The maximum Gasteiger partial charge on any atom is 0.147 e. The molecule has 0 atom stereocenters. The van der Waals surface area contributed by atoms with Crippen LogP contribution in [0.1, 0.15) is 19.4 Å². The van der Waals surface area contributed by atoms with Crippen molar-refractivity contribution in [2.45, 2.75) is 20.4 Å². The van der Waals surface area contributed by atoms with Gasteiger partial charge in [0.05, 0.1) is 5.02 Å². The molecule has 0 spiro atoms. The topological polar surface area (TPSA) is 31.4 Å². The Hall–Kier alpha value is -0.840. The summed E-state index contributed by atoms with van der Waals surface area (Å²) in [6.07, 6.45) is 1.93. The number of aromatic nitrogens is 1. The van der Waals surface area contributed by atoms with Crippen molar-refractivity contribution in [3.8, 4) is 0 Å². The quantitative estimate of drug-likeness (QED) is 0.895. The fourth-order valence-electron chi connectivity index (χ4n) is 2.34. The number of anilines is 1. The molecule has 0 aromatic carbocycles. The average molecular weight is 283 g/mol. The normalized spacial score (nSPS) is 16.9. The minimum Gasteiger partial charge on any atom is -0.353 e. The smallest absolute Gasteiger partial charge is 0.147 e. The molecule has 1 aromatic rings. The van der Waals surface area contributed by atoms with Gasteiger partial charge >= 0.3 is 0 Å². The highest BCUT2D eigenvalue weighted by atomic mass is 35.5. The molecule has 19 heavy (non-hydrogen) atoms. The first-order valence-electron chi connectivity index (χ1n) is 7.07. The number of halogens is 1. The number of nitrogens with zero attached hydrogens (tertiary/aromatic N) is 3. The van der Waals surface area contributed by atoms with Gasteiger partial charge in [-0.05, 0) is 24.7 Å². The average Bonchev–Trinajstić information content (AvgIpc) is 2.45. The molecule has 5 heteroatoms. The van der Waals surface area contributed by atoms with Crippen LogP contribution in [0.5, 0.6) is 0 Å². The molecule has 0 radical (unpaired) electrons. The number of likely N-dealkylation sites (N-methyl/N-ethyl adjacent to an activating group) is 1. The van der Waals surface area contributed by atoms with Gasteiger partial charge in [-0.25, -0.2) is 4.98 Å². The van der Waals surface area contributed by atoms with Gasteiger partial charge in [-0.2, -0.15) is 0 Å². The van der Waals surface area contributed by atoms with Crippen molar-refractivity contribution >= 4 is 17.4 Å². The first-order chi connectivity index (χ1) is 9.24. The number of hydrogen-bond donors (Lipinski definition) is 1. The van der Waals surface area contributed by atoms with Crippen LogP contribution in [0.3, 0.4) is 0 Å². The maximum atomic E-state index is 6.37. The van der Waals surface area contributed by atoms with Crippen LogP contribution < -0.4 is 10.2 Å². The van der Waals surface area contributed by atoms with Gasteiger partial charge in [-0.15, -0.1) is 0 Å². The summed E-state index contributed by atoms with van der Waals surface area (Å²) < 4.78 is 0. The monoisotopic (exact) mass is 282 g/mol. The van der Waals surface area contributed by atoms with Crippen molar-refractivity contribution in [2.75, 3.05) is 44.2 Å². The summed E-state index contributed by atoms with van der Waals surface area (Å²) in [5.74, 6) is 0.928. The third kappa shape index (κ3) is 3.81. The number of rotatable bonds is 5. The minimum atomic E-state index is 0.764. The van der Waals surface area contributed by atoms with Crippen LogP contribution >= 0.6 is 11.6 Å². The Morgan fingerprint density at radius 3 is 2.58 bits per heavy atom. The number of nitrogens with one attached hydrogen (secondary N) is 1. The highest BCUT2D eigenvalue weighted by Gasteiger charge is 2.18. The largest absolute Gasteiger partial charge is 0.353 e. The van der Waals surface area contributed by atoms with Crippen LogP contribution in [0.25, 0.3) is 0 Å². The van der Waals surface area contributed by atoms with Crippen LogP contribution in [0.2, 0.25) is 5.02 Å². The van der Waals surface area contributed by atoms with E-state index in [2.05, 4.69) is 33.9 Å². The predicted molar refractivity (Wildman–Crippen MR) is 81.0 cm³/mol. The molecule has 4 nitrogen and oxygen atoms in total. The molecule has 2 rings (SSSR count). The van der Waals surface area contributed by atoms with Gasteiger partial charge < -0.3 is 15.1 Å². The Kier molecular flexibility index (Phi) is 5.43. The molecule has 0 saturated carbocycles. The Labute approximate surface area is 120 Å². The molecular formula is C14H23ClN4. The van der Waals surface area contributed by atoms with Gasteiger partial charge in [0.25, 0.3) is 0 Å². The van der Waals surface area contributed by atoms with Gasteiger partial charge in [-0.3, -0.25) is 0 Å². The van der Waals surface area contributed by atoms with Crippen LogP contribution in [0, 0.1) is 0 Å². The third-order valence-corrected chi connectivity index (χ3v) is 3.85. The molecule has 0 bridgehead atoms. The highest BCUT2D eigenvalue weighted by molar-refractivity contribution is 6.33. The van der Waals surface area contributed by atoms with Crippen LogP contribution in [-0.4, -0.2) is 49.2 Å². The number of pyridine rings is 1. The summed E-state index contributed by atoms with van der Waals surface area (Å²) in [6, 6.07) is 2.03. The lowest BCUT2D eigenvalue weighted by Gasteiger charge is -2.35. The van der Waals surface area contributed by atoms with Crippen molar-refractivity contribution in [2.24, 2.45) is 0 Å². The van der Waals surface area contributed by atoms with Gasteiger partial charge in [0.2, 0.25) is 0 Å². The van der Waals surface area contributed by atoms with Gasteiger partial charge in [0, 0.05) is 38.9 Å². The van der Waals surface area contributed by atoms with Gasteiger partial charge in [-0.1, -0.05) is 25.4 Å². The van der Waals surface area contributed by atoms with Gasteiger partial charge in [0.1, 0.15) is 5.82 Å². The Balaban J connectivity index is 2.01. The zero-order chi connectivity index (χ0) is 13.7. The second-order valence-electron chi connectivity index (χ2n) is 4.85.